The van der Waals surface area contributed by atoms with Gasteiger partial charge in [-0.1, -0.05) is 47.6 Å². The summed E-state index contributed by atoms with van der Waals surface area (Å²) < 4.78 is 2.19. The third-order valence-electron chi connectivity index (χ3n) is 4.82. The lowest BCUT2D eigenvalue weighted by Crippen LogP contribution is -2.32. The van der Waals surface area contributed by atoms with Crippen LogP contribution in [0.25, 0.3) is 17.0 Å². The summed E-state index contributed by atoms with van der Waals surface area (Å²) in [5, 5.41) is 14.3. The number of hydrogen-bond acceptors (Lipinski definition) is 3. The van der Waals surface area contributed by atoms with Crippen molar-refractivity contribution in [2.45, 2.75) is 18.4 Å². The number of allylic oxidation sites excluding steroid dienone is 2. The second-order valence-corrected chi connectivity index (χ2v) is 8.01. The van der Waals surface area contributed by atoms with Gasteiger partial charge in [-0.05, 0) is 42.8 Å². The molecule has 3 nitrogen and oxygen atoms in total. The molecule has 0 fully saturated rings. The maximum absolute atomic E-state index is 11.3. The van der Waals surface area contributed by atoms with Crippen LogP contribution >= 0.6 is 23.4 Å². The molecule has 2 heterocycles. The van der Waals surface area contributed by atoms with Crippen LogP contribution in [0.15, 0.2) is 76.8 Å². The minimum atomic E-state index is -0.128. The lowest BCUT2D eigenvalue weighted by molar-refractivity contribution is -0.667. The summed E-state index contributed by atoms with van der Waals surface area (Å²) in [6, 6.07) is 16.3. The van der Waals surface area contributed by atoms with Gasteiger partial charge >= 0.3 is 0 Å². The monoisotopic (exact) mass is 408 g/mol. The predicted molar refractivity (Wildman–Crippen MR) is 116 cm³/mol. The molecule has 2 aromatic carbocycles. The Kier molecular flexibility index (Phi) is 5.72. The molecule has 0 radical (unpaired) electrons. The minimum Gasteiger partial charge on any atom is -0.853 e. The molecule has 0 atom stereocenters. The van der Waals surface area contributed by atoms with Crippen LogP contribution in [-0.4, -0.2) is 13.2 Å². The zero-order chi connectivity index (χ0) is 19.5. The van der Waals surface area contributed by atoms with E-state index in [0.717, 1.165) is 33.4 Å². The van der Waals surface area contributed by atoms with Gasteiger partial charge in [0.05, 0.1) is 16.1 Å². The maximum atomic E-state index is 11.3. The number of fused-ring (bicyclic) bond motifs is 2. The number of thioether (sulfide) groups is 1. The van der Waals surface area contributed by atoms with Crippen molar-refractivity contribution in [3.8, 4) is 0 Å². The maximum Gasteiger partial charge on any atom is 0.214 e. The molecule has 4 rings (SSSR count). The molecular weight excluding hydrogens is 388 g/mol. The van der Waals surface area contributed by atoms with Gasteiger partial charge in [0.15, 0.2) is 6.20 Å². The normalized spacial score (nSPS) is 15.1. The molecular formula is C23H21ClN2OS. The summed E-state index contributed by atoms with van der Waals surface area (Å²) in [7, 11) is 0. The van der Waals surface area contributed by atoms with Crippen LogP contribution in [0.4, 0.5) is 5.69 Å². The van der Waals surface area contributed by atoms with Crippen LogP contribution in [0.1, 0.15) is 12.5 Å². The van der Waals surface area contributed by atoms with Crippen LogP contribution < -0.4 is 14.6 Å². The van der Waals surface area contributed by atoms with Crippen molar-refractivity contribution in [1.29, 1.82) is 0 Å². The number of hydrogen-bond donors (Lipinski definition) is 0. The molecule has 0 saturated heterocycles. The van der Waals surface area contributed by atoms with E-state index < -0.39 is 0 Å². The van der Waals surface area contributed by atoms with Gasteiger partial charge in [0.2, 0.25) is 5.52 Å². The highest BCUT2D eigenvalue weighted by molar-refractivity contribution is 8.03. The number of halogens is 1. The Morgan fingerprint density at radius 3 is 2.86 bits per heavy atom. The van der Waals surface area contributed by atoms with E-state index in [1.165, 1.54) is 10.3 Å². The number of para-hydroxylation sites is 1. The summed E-state index contributed by atoms with van der Waals surface area (Å²) in [6.45, 7) is 3.37. The topological polar surface area (TPSA) is 30.2 Å². The minimum absolute atomic E-state index is 0.128. The first-order chi connectivity index (χ1) is 13.7. The van der Waals surface area contributed by atoms with E-state index in [2.05, 4.69) is 65.1 Å². The van der Waals surface area contributed by atoms with Crippen molar-refractivity contribution in [2.75, 3.05) is 18.1 Å². The molecule has 0 saturated carbocycles. The summed E-state index contributed by atoms with van der Waals surface area (Å²) in [5.41, 5.74) is 3.39. The fourth-order valence-corrected chi connectivity index (χ4v) is 4.75. The first kappa shape index (κ1) is 19.1. The van der Waals surface area contributed by atoms with Crippen LogP contribution in [0, 0.1) is 0 Å². The van der Waals surface area contributed by atoms with E-state index in [9.17, 15) is 5.11 Å². The van der Waals surface area contributed by atoms with Gasteiger partial charge in [-0.25, -0.2) is 0 Å². The first-order valence-electron chi connectivity index (χ1n) is 9.34. The molecule has 1 aliphatic heterocycles. The Morgan fingerprint density at radius 2 is 2.04 bits per heavy atom. The SMILES string of the molecule is CC[n+]1ccc(C=CC=C2Sc3ccccc3N2CC[O-])c2ccc(Cl)cc21. The Labute approximate surface area is 174 Å². The second kappa shape index (κ2) is 8.39. The Morgan fingerprint density at radius 1 is 1.18 bits per heavy atom. The lowest BCUT2D eigenvalue weighted by Gasteiger charge is -2.21. The highest BCUT2D eigenvalue weighted by Crippen LogP contribution is 2.45. The van der Waals surface area contributed by atoms with Crippen LogP contribution in [0.3, 0.4) is 0 Å². The van der Waals surface area contributed by atoms with Crippen molar-refractivity contribution < 1.29 is 9.67 Å². The van der Waals surface area contributed by atoms with E-state index >= 15 is 0 Å². The van der Waals surface area contributed by atoms with Crippen LogP contribution in [0.5, 0.6) is 0 Å². The van der Waals surface area contributed by atoms with Gasteiger partial charge in [-0.3, -0.25) is 0 Å². The smallest absolute Gasteiger partial charge is 0.214 e. The molecule has 0 aliphatic carbocycles. The fourth-order valence-electron chi connectivity index (χ4n) is 3.48. The van der Waals surface area contributed by atoms with Crippen LogP contribution in [0.2, 0.25) is 5.02 Å². The van der Waals surface area contributed by atoms with Crippen molar-refractivity contribution in [1.82, 2.24) is 0 Å². The Balaban J connectivity index is 1.67. The third kappa shape index (κ3) is 3.68. The number of rotatable bonds is 5. The molecule has 142 valence electrons. The molecule has 0 bridgehead atoms. The van der Waals surface area contributed by atoms with E-state index in [1.54, 1.807) is 11.8 Å². The lowest BCUT2D eigenvalue weighted by atomic mass is 10.1. The molecule has 28 heavy (non-hydrogen) atoms. The number of aryl methyl sites for hydroxylation is 1. The Hall–Kier alpha value is -2.27. The molecule has 1 aromatic heterocycles. The van der Waals surface area contributed by atoms with Gasteiger partial charge < -0.3 is 10.0 Å². The van der Waals surface area contributed by atoms with E-state index in [4.69, 9.17) is 11.6 Å². The highest BCUT2D eigenvalue weighted by Gasteiger charge is 2.22. The predicted octanol–water partition coefficient (Wildman–Crippen LogP) is 4.63. The summed E-state index contributed by atoms with van der Waals surface area (Å²) in [4.78, 5) is 3.30. The highest BCUT2D eigenvalue weighted by atomic mass is 35.5. The van der Waals surface area contributed by atoms with Gasteiger partial charge in [0.1, 0.15) is 6.54 Å². The molecule has 5 heteroatoms. The molecule has 1 aliphatic rings. The van der Waals surface area contributed by atoms with Gasteiger partial charge in [-0.2, -0.15) is 4.57 Å². The summed E-state index contributed by atoms with van der Waals surface area (Å²) >= 11 is 7.91. The zero-order valence-electron chi connectivity index (χ0n) is 15.6. The van der Waals surface area contributed by atoms with Gasteiger partial charge in [-0.15, -0.1) is 6.61 Å². The zero-order valence-corrected chi connectivity index (χ0v) is 17.2. The van der Waals surface area contributed by atoms with Crippen molar-refractivity contribution >= 4 is 46.0 Å². The number of benzene rings is 2. The quantitative estimate of drug-likeness (QED) is 0.576. The average Bonchev–Trinajstić information content (AvgIpc) is 3.06. The van der Waals surface area contributed by atoms with Crippen LogP contribution in [-0.2, 0) is 6.54 Å². The second-order valence-electron chi connectivity index (χ2n) is 6.51. The average molecular weight is 409 g/mol. The third-order valence-corrected chi connectivity index (χ3v) is 6.19. The molecule has 0 amide bonds. The fraction of sp³-hybridized carbons (Fsp3) is 0.174. The van der Waals surface area contributed by atoms with Crippen molar-refractivity contribution in [3.05, 3.63) is 82.5 Å². The first-order valence-corrected chi connectivity index (χ1v) is 10.5. The van der Waals surface area contributed by atoms with Gasteiger partial charge in [0, 0.05) is 28.6 Å². The number of aromatic nitrogens is 1. The standard InChI is InChI=1S/C23H21ClN2OS/c1-2-25-13-12-17(19-11-10-18(24)16-21(19)25)6-5-9-23-26(14-15-27)20-7-3-4-8-22(20)28-23/h3-13,16H,2,14-15H2,1H3. The van der Waals surface area contributed by atoms with E-state index in [0.29, 0.717) is 6.54 Å². The molecule has 3 aromatic rings. The summed E-state index contributed by atoms with van der Waals surface area (Å²) in [6.07, 6.45) is 8.35. The number of pyridine rings is 1. The van der Waals surface area contributed by atoms with Crippen molar-refractivity contribution in [2.24, 2.45) is 0 Å². The largest absolute Gasteiger partial charge is 0.853 e. The number of anilines is 1. The molecule has 0 spiro atoms. The molecule has 0 unspecified atom stereocenters. The van der Waals surface area contributed by atoms with E-state index in [1.807, 2.05) is 24.3 Å². The number of nitrogens with zero attached hydrogens (tertiary/aromatic N) is 2. The Bertz CT molecular complexity index is 1080. The molecule has 0 N–H and O–H groups in total. The van der Waals surface area contributed by atoms with Gasteiger partial charge in [0.25, 0.3) is 0 Å². The van der Waals surface area contributed by atoms with Crippen molar-refractivity contribution in [3.63, 3.8) is 0 Å². The summed E-state index contributed by atoms with van der Waals surface area (Å²) in [5.74, 6) is 0. The van der Waals surface area contributed by atoms with E-state index in [-0.39, 0.29) is 6.61 Å².